The molecule has 25 heavy (non-hydrogen) atoms. The van der Waals surface area contributed by atoms with Crippen molar-refractivity contribution >= 4 is 43.2 Å². The molecule has 8 nitrogen and oxygen atoms in total. The third kappa shape index (κ3) is 4.07. The number of hydrogen-bond donors (Lipinski definition) is 2. The van der Waals surface area contributed by atoms with Crippen molar-refractivity contribution in [3.63, 3.8) is 0 Å². The number of halogens is 2. The summed E-state index contributed by atoms with van der Waals surface area (Å²) in [5, 5.41) is 43.1. The number of non-ortho nitro benzene ring substituents is 2. The molecule has 2 N–H and O–H groups in total. The largest absolute Gasteiger partial charge is 0.507 e. The van der Waals surface area contributed by atoms with E-state index in [1.807, 2.05) is 0 Å². The quantitative estimate of drug-likeness (QED) is 0.364. The molecule has 0 bridgehead atoms. The SMILES string of the molecule is O=[N+]([O-])c1cc(CBr)c(O)c(Cc2cc([N+](=O)[O-])cc(CBr)c2O)c1. The monoisotopic (exact) mass is 474 g/mol. The normalized spacial score (nSPS) is 10.6. The molecule has 2 aromatic rings. The van der Waals surface area contributed by atoms with Crippen LogP contribution in [-0.4, -0.2) is 20.1 Å². The smallest absolute Gasteiger partial charge is 0.270 e. The number of hydrogen-bond acceptors (Lipinski definition) is 6. The summed E-state index contributed by atoms with van der Waals surface area (Å²) in [6.45, 7) is 0. The lowest BCUT2D eigenvalue weighted by Gasteiger charge is -2.12. The van der Waals surface area contributed by atoms with Crippen LogP contribution >= 0.6 is 31.9 Å². The summed E-state index contributed by atoms with van der Waals surface area (Å²) in [4.78, 5) is 20.9. The third-order valence-corrected chi connectivity index (χ3v) is 4.80. The van der Waals surface area contributed by atoms with Crippen molar-refractivity contribution in [1.82, 2.24) is 0 Å². The van der Waals surface area contributed by atoms with E-state index in [1.54, 1.807) is 0 Å². The zero-order valence-corrected chi connectivity index (χ0v) is 15.8. The van der Waals surface area contributed by atoms with Crippen molar-refractivity contribution in [3.05, 3.63) is 66.7 Å². The molecule has 0 aliphatic rings. The number of phenols is 2. The van der Waals surface area contributed by atoms with Gasteiger partial charge in [-0.25, -0.2) is 0 Å². The minimum Gasteiger partial charge on any atom is -0.507 e. The van der Waals surface area contributed by atoms with Crippen LogP contribution < -0.4 is 0 Å². The molecule has 2 aromatic carbocycles. The van der Waals surface area contributed by atoms with E-state index in [9.17, 15) is 30.4 Å². The van der Waals surface area contributed by atoms with Crippen LogP contribution in [0.3, 0.4) is 0 Å². The first kappa shape index (κ1) is 19.1. The van der Waals surface area contributed by atoms with E-state index in [4.69, 9.17) is 0 Å². The maximum absolute atomic E-state index is 11.1. The molecule has 0 aromatic heterocycles. The number of rotatable bonds is 6. The molecule has 10 heteroatoms. The lowest BCUT2D eigenvalue weighted by Crippen LogP contribution is -1.99. The average molecular weight is 476 g/mol. The summed E-state index contributed by atoms with van der Waals surface area (Å²) in [5.41, 5.74) is 0.588. The Bertz CT molecular complexity index is 787. The van der Waals surface area contributed by atoms with E-state index >= 15 is 0 Å². The second-order valence-corrected chi connectivity index (χ2v) is 6.30. The van der Waals surface area contributed by atoms with Crippen LogP contribution in [0.5, 0.6) is 11.5 Å². The van der Waals surface area contributed by atoms with Crippen molar-refractivity contribution < 1.29 is 20.1 Å². The molecule has 0 saturated heterocycles. The number of alkyl halides is 2. The van der Waals surface area contributed by atoms with Crippen molar-refractivity contribution in [2.24, 2.45) is 0 Å². The van der Waals surface area contributed by atoms with Crippen molar-refractivity contribution in [3.8, 4) is 11.5 Å². The van der Waals surface area contributed by atoms with Crippen LogP contribution in [0.15, 0.2) is 24.3 Å². The average Bonchev–Trinajstić information content (AvgIpc) is 2.57. The lowest BCUT2D eigenvalue weighted by atomic mass is 9.98. The molecular formula is C15H12Br2N2O6. The van der Waals surface area contributed by atoms with Gasteiger partial charge in [0.05, 0.1) is 9.85 Å². The van der Waals surface area contributed by atoms with Crippen LogP contribution in [0.1, 0.15) is 22.3 Å². The van der Waals surface area contributed by atoms with E-state index in [2.05, 4.69) is 31.9 Å². The first-order chi connectivity index (χ1) is 11.8. The summed E-state index contributed by atoms with van der Waals surface area (Å²) < 4.78 is 0. The molecule has 0 aliphatic heterocycles. The Labute approximate surface area is 158 Å². The topological polar surface area (TPSA) is 127 Å². The van der Waals surface area contributed by atoms with Gasteiger partial charge in [-0.05, 0) is 0 Å². The summed E-state index contributed by atoms with van der Waals surface area (Å²) in [7, 11) is 0. The van der Waals surface area contributed by atoms with Gasteiger partial charge in [0.25, 0.3) is 11.4 Å². The molecule has 0 radical (unpaired) electrons. The van der Waals surface area contributed by atoms with Crippen molar-refractivity contribution in [2.75, 3.05) is 0 Å². The van der Waals surface area contributed by atoms with Crippen LogP contribution in [-0.2, 0) is 17.1 Å². The predicted molar refractivity (Wildman–Crippen MR) is 97.6 cm³/mol. The van der Waals surface area contributed by atoms with Gasteiger partial charge in [-0.2, -0.15) is 0 Å². The summed E-state index contributed by atoms with van der Waals surface area (Å²) in [6, 6.07) is 4.86. The Morgan fingerprint density at radius 1 is 0.760 bits per heavy atom. The van der Waals surface area contributed by atoms with E-state index < -0.39 is 9.85 Å². The minimum absolute atomic E-state index is 0.0962. The van der Waals surface area contributed by atoms with Crippen LogP contribution in [0.4, 0.5) is 11.4 Å². The zero-order chi connectivity index (χ0) is 18.7. The Hall–Kier alpha value is -2.20. The first-order valence-electron chi connectivity index (χ1n) is 6.88. The highest BCUT2D eigenvalue weighted by atomic mass is 79.9. The van der Waals surface area contributed by atoms with Gasteiger partial charge in [0.15, 0.2) is 0 Å². The third-order valence-electron chi connectivity index (χ3n) is 3.60. The molecule has 0 fully saturated rings. The number of nitro groups is 2. The predicted octanol–water partition coefficient (Wildman–Crippen LogP) is 4.29. The molecule has 0 saturated carbocycles. The van der Waals surface area contributed by atoms with Gasteiger partial charge in [0.1, 0.15) is 11.5 Å². The Morgan fingerprint density at radius 3 is 1.36 bits per heavy atom. The molecule has 0 unspecified atom stereocenters. The lowest BCUT2D eigenvalue weighted by molar-refractivity contribution is -0.385. The van der Waals surface area contributed by atoms with E-state index in [1.165, 1.54) is 24.3 Å². The second kappa shape index (κ2) is 7.79. The van der Waals surface area contributed by atoms with Crippen molar-refractivity contribution in [2.45, 2.75) is 17.1 Å². The molecule has 0 spiro atoms. The number of nitrogens with zero attached hydrogens (tertiary/aromatic N) is 2. The van der Waals surface area contributed by atoms with Gasteiger partial charge in [-0.15, -0.1) is 0 Å². The fourth-order valence-electron chi connectivity index (χ4n) is 2.37. The standard InChI is InChI=1S/C15H12Br2N2O6/c16-6-10-4-12(18(22)23)2-8(14(10)20)1-9-3-13(19(24)25)5-11(7-17)15(9)21/h2-5,20-21H,1,6-7H2. The maximum atomic E-state index is 11.1. The number of nitro benzene ring substituents is 2. The van der Waals surface area contributed by atoms with Gasteiger partial charge >= 0.3 is 0 Å². The first-order valence-corrected chi connectivity index (χ1v) is 9.13. The van der Waals surface area contributed by atoms with Gasteiger partial charge < -0.3 is 10.2 Å². The fourth-order valence-corrected chi connectivity index (χ4v) is 3.23. The maximum Gasteiger partial charge on any atom is 0.270 e. The molecule has 0 atom stereocenters. The van der Waals surface area contributed by atoms with Gasteiger partial charge in [-0.1, -0.05) is 31.9 Å². The molecule has 0 amide bonds. The summed E-state index contributed by atoms with van der Waals surface area (Å²) in [6.07, 6.45) is -0.0962. The highest BCUT2D eigenvalue weighted by Crippen LogP contribution is 2.36. The molecule has 2 rings (SSSR count). The molecule has 132 valence electrons. The molecular weight excluding hydrogens is 464 g/mol. The zero-order valence-electron chi connectivity index (χ0n) is 12.6. The van der Waals surface area contributed by atoms with E-state index in [-0.39, 0.29) is 51.1 Å². The number of benzene rings is 2. The number of aromatic hydroxyl groups is 2. The Kier molecular flexibility index (Phi) is 5.96. The van der Waals surface area contributed by atoms with E-state index in [0.29, 0.717) is 11.1 Å². The van der Waals surface area contributed by atoms with Crippen molar-refractivity contribution in [1.29, 1.82) is 0 Å². The molecule has 0 heterocycles. The van der Waals surface area contributed by atoms with Crippen LogP contribution in [0.2, 0.25) is 0 Å². The minimum atomic E-state index is -0.591. The Balaban J connectivity index is 2.59. The number of phenolic OH excluding ortho intramolecular Hbond substituents is 2. The summed E-state index contributed by atoms with van der Waals surface area (Å²) >= 11 is 6.30. The molecule has 0 aliphatic carbocycles. The fraction of sp³-hybridized carbons (Fsp3) is 0.200. The Morgan fingerprint density at radius 2 is 1.08 bits per heavy atom. The highest BCUT2D eigenvalue weighted by molar-refractivity contribution is 9.08. The highest BCUT2D eigenvalue weighted by Gasteiger charge is 2.20. The van der Waals surface area contributed by atoms with Crippen LogP contribution in [0, 0.1) is 20.2 Å². The van der Waals surface area contributed by atoms with E-state index in [0.717, 1.165) is 0 Å². The second-order valence-electron chi connectivity index (χ2n) is 5.18. The van der Waals surface area contributed by atoms with Gasteiger partial charge in [0, 0.05) is 63.6 Å². The van der Waals surface area contributed by atoms with Gasteiger partial charge in [-0.3, -0.25) is 20.2 Å². The van der Waals surface area contributed by atoms with Crippen LogP contribution in [0.25, 0.3) is 0 Å². The summed E-state index contributed by atoms with van der Waals surface area (Å²) in [5.74, 6) is -0.317. The van der Waals surface area contributed by atoms with Gasteiger partial charge in [0.2, 0.25) is 0 Å².